The Hall–Kier alpha value is -1.63. The highest BCUT2D eigenvalue weighted by atomic mass is 17.3. The smallest absolute Gasteiger partial charge is 0.410 e. The molecular weight excluding hydrogens is 454 g/mol. The Morgan fingerprint density at radius 1 is 0.917 bits per heavy atom. The molecule has 2 atom stereocenters. The number of carbonyl (C=O) groups is 1. The van der Waals surface area contributed by atoms with Crippen LogP contribution in [0.4, 0.5) is 4.79 Å². The van der Waals surface area contributed by atoms with Gasteiger partial charge in [0.05, 0.1) is 0 Å². The molecule has 1 aromatic carbocycles. The number of rotatable bonds is 3. The largest absolute Gasteiger partial charge is 0.412 e. The van der Waals surface area contributed by atoms with Gasteiger partial charge in [0.15, 0.2) is 0 Å². The number of hydrogen-bond acceptors (Lipinski definition) is 5. The lowest BCUT2D eigenvalue weighted by Crippen LogP contribution is -2.59. The van der Waals surface area contributed by atoms with Crippen molar-refractivity contribution >= 4 is 6.09 Å². The standard InChI is InChI=1S/C30H41NO5/c1-19-4-8-26(9-5-19)31-28(32)33-27-10-6-22(7-11-27)23-3-2-12-29(18-23)34-30(36-35-29)24-14-20-13-21(16-24)17-25(30)15-20/h6-7,10-11,19-21,23-26H,2-5,8-9,12-18H2,1H3,(H,31,32)/t19?,20?,21?,23?,24?,25?,26?,29-,30?/m1/s1. The fourth-order valence-corrected chi connectivity index (χ4v) is 8.78. The fraction of sp³-hybridized carbons (Fsp3) is 0.767. The van der Waals surface area contributed by atoms with Crippen molar-refractivity contribution < 1.29 is 24.0 Å². The Bertz CT molecular complexity index is 942. The summed E-state index contributed by atoms with van der Waals surface area (Å²) in [5.41, 5.74) is 1.25. The van der Waals surface area contributed by atoms with Crippen molar-refractivity contribution in [3.05, 3.63) is 29.8 Å². The number of nitrogens with one attached hydrogen (secondary N) is 1. The maximum absolute atomic E-state index is 12.4. The first-order valence-electron chi connectivity index (χ1n) is 14.6. The van der Waals surface area contributed by atoms with E-state index in [-0.39, 0.29) is 12.1 Å². The summed E-state index contributed by atoms with van der Waals surface area (Å²) in [4.78, 5) is 24.8. The van der Waals surface area contributed by atoms with Crippen LogP contribution in [-0.4, -0.2) is 23.7 Å². The third kappa shape index (κ3) is 4.17. The summed E-state index contributed by atoms with van der Waals surface area (Å²) in [6, 6.07) is 8.28. The minimum Gasteiger partial charge on any atom is -0.410 e. The third-order valence-corrected chi connectivity index (χ3v) is 10.5. The molecule has 6 heteroatoms. The second kappa shape index (κ2) is 8.99. The van der Waals surface area contributed by atoms with Gasteiger partial charge in [-0.15, -0.1) is 0 Å². The average Bonchev–Trinajstić information content (AvgIpc) is 3.23. The van der Waals surface area contributed by atoms with Crippen LogP contribution in [0, 0.1) is 29.6 Å². The second-order valence-corrected chi connectivity index (χ2v) is 13.1. The van der Waals surface area contributed by atoms with Gasteiger partial charge in [0.25, 0.3) is 0 Å². The van der Waals surface area contributed by atoms with E-state index in [1.807, 2.05) is 12.1 Å². The van der Waals surface area contributed by atoms with Gasteiger partial charge in [-0.05, 0) is 112 Å². The van der Waals surface area contributed by atoms with Crippen molar-refractivity contribution in [2.45, 2.75) is 114 Å². The van der Waals surface area contributed by atoms with E-state index in [1.165, 1.54) is 50.5 Å². The molecule has 2 spiro atoms. The molecule has 1 N–H and O–H groups in total. The lowest BCUT2D eigenvalue weighted by atomic mass is 9.53. The molecule has 4 bridgehead atoms. The first-order chi connectivity index (χ1) is 17.5. The van der Waals surface area contributed by atoms with Crippen LogP contribution in [0.1, 0.15) is 102 Å². The Balaban J connectivity index is 0.980. The molecule has 36 heavy (non-hydrogen) atoms. The van der Waals surface area contributed by atoms with Gasteiger partial charge in [-0.25, -0.2) is 4.79 Å². The van der Waals surface area contributed by atoms with Gasteiger partial charge in [0, 0.05) is 30.7 Å². The molecule has 6 aliphatic carbocycles. The van der Waals surface area contributed by atoms with Crippen LogP contribution in [0.25, 0.3) is 0 Å². The molecule has 1 aliphatic heterocycles. The lowest BCUT2D eigenvalue weighted by molar-refractivity contribution is -0.390. The molecule has 8 rings (SSSR count). The molecule has 1 aromatic rings. The van der Waals surface area contributed by atoms with Crippen LogP contribution in [0.3, 0.4) is 0 Å². The van der Waals surface area contributed by atoms with Crippen molar-refractivity contribution in [1.82, 2.24) is 5.32 Å². The van der Waals surface area contributed by atoms with E-state index in [9.17, 15) is 4.79 Å². The number of benzene rings is 1. The predicted molar refractivity (Wildman–Crippen MR) is 134 cm³/mol. The molecule has 196 valence electrons. The van der Waals surface area contributed by atoms with Gasteiger partial charge in [0.1, 0.15) is 5.75 Å². The predicted octanol–water partition coefficient (Wildman–Crippen LogP) is 6.84. The topological polar surface area (TPSA) is 66.0 Å². The lowest BCUT2D eigenvalue weighted by Gasteiger charge is -2.57. The molecule has 7 aliphatic rings. The van der Waals surface area contributed by atoms with Crippen LogP contribution in [-0.2, 0) is 14.5 Å². The zero-order valence-corrected chi connectivity index (χ0v) is 21.6. The SMILES string of the molecule is CC1CCC(NC(=O)Oc2ccc(C3CCC[C@]4(C3)OOC3(O4)C4CC5CC(C4)CC3C5)cc2)CC1. The summed E-state index contributed by atoms with van der Waals surface area (Å²) in [5, 5.41) is 3.04. The molecule has 1 unspecified atom stereocenters. The van der Waals surface area contributed by atoms with Gasteiger partial charge in [-0.2, -0.15) is 9.78 Å². The third-order valence-electron chi connectivity index (χ3n) is 10.5. The summed E-state index contributed by atoms with van der Waals surface area (Å²) in [7, 11) is 0. The minimum absolute atomic E-state index is 0.234. The van der Waals surface area contributed by atoms with Crippen LogP contribution < -0.4 is 10.1 Å². The number of ether oxygens (including phenoxy) is 2. The number of hydrogen-bond donors (Lipinski definition) is 1. The zero-order valence-electron chi connectivity index (χ0n) is 21.6. The molecule has 0 aromatic heterocycles. The molecular formula is C30H41NO5. The summed E-state index contributed by atoms with van der Waals surface area (Å²) in [5.74, 6) is 3.31. The average molecular weight is 496 g/mol. The van der Waals surface area contributed by atoms with Crippen molar-refractivity contribution in [2.75, 3.05) is 0 Å². The van der Waals surface area contributed by atoms with E-state index in [2.05, 4.69) is 24.4 Å². The van der Waals surface area contributed by atoms with Crippen molar-refractivity contribution in [1.29, 1.82) is 0 Å². The monoisotopic (exact) mass is 495 g/mol. The quantitative estimate of drug-likeness (QED) is 0.465. The zero-order chi connectivity index (χ0) is 24.3. The van der Waals surface area contributed by atoms with Crippen LogP contribution >= 0.6 is 0 Å². The second-order valence-electron chi connectivity index (χ2n) is 13.1. The van der Waals surface area contributed by atoms with Crippen LogP contribution in [0.2, 0.25) is 0 Å². The minimum atomic E-state index is -0.620. The first-order valence-corrected chi connectivity index (χ1v) is 14.6. The molecule has 6 saturated carbocycles. The van der Waals surface area contributed by atoms with Crippen LogP contribution in [0.15, 0.2) is 24.3 Å². The Kier molecular flexibility index (Phi) is 5.86. The molecule has 0 radical (unpaired) electrons. The molecule has 1 saturated heterocycles. The molecule has 7 fully saturated rings. The van der Waals surface area contributed by atoms with E-state index >= 15 is 0 Å². The van der Waals surface area contributed by atoms with Gasteiger partial charge in [0.2, 0.25) is 11.6 Å². The maximum Gasteiger partial charge on any atom is 0.412 e. The number of amides is 1. The Morgan fingerprint density at radius 2 is 1.61 bits per heavy atom. The summed E-state index contributed by atoms with van der Waals surface area (Å²) in [6.07, 6.45) is 14.3. The highest BCUT2D eigenvalue weighted by Gasteiger charge is 2.67. The fourth-order valence-electron chi connectivity index (χ4n) is 8.78. The van der Waals surface area contributed by atoms with Gasteiger partial charge in [-0.1, -0.05) is 19.1 Å². The normalized spacial score (nSPS) is 45.3. The van der Waals surface area contributed by atoms with E-state index in [1.54, 1.807) is 0 Å². The summed E-state index contributed by atoms with van der Waals surface area (Å²) < 4.78 is 12.5. The summed E-state index contributed by atoms with van der Waals surface area (Å²) >= 11 is 0. The molecule has 6 nitrogen and oxygen atoms in total. The van der Waals surface area contributed by atoms with Crippen molar-refractivity contribution in [2.24, 2.45) is 29.6 Å². The van der Waals surface area contributed by atoms with Gasteiger partial charge < -0.3 is 14.8 Å². The Labute approximate surface area is 214 Å². The Morgan fingerprint density at radius 3 is 2.31 bits per heavy atom. The van der Waals surface area contributed by atoms with Crippen molar-refractivity contribution in [3.8, 4) is 5.75 Å². The van der Waals surface area contributed by atoms with Gasteiger partial charge >= 0.3 is 6.09 Å². The highest BCUT2D eigenvalue weighted by molar-refractivity contribution is 5.70. The van der Waals surface area contributed by atoms with Crippen LogP contribution in [0.5, 0.6) is 5.75 Å². The first kappa shape index (κ1) is 23.5. The highest BCUT2D eigenvalue weighted by Crippen LogP contribution is 2.64. The van der Waals surface area contributed by atoms with E-state index in [4.69, 9.17) is 19.2 Å². The molecule has 1 heterocycles. The maximum atomic E-state index is 12.4. The van der Waals surface area contributed by atoms with E-state index in [0.29, 0.717) is 23.5 Å². The molecule has 1 amide bonds. The summed E-state index contributed by atoms with van der Waals surface area (Å²) in [6.45, 7) is 2.28. The van der Waals surface area contributed by atoms with Crippen molar-refractivity contribution in [3.63, 3.8) is 0 Å². The van der Waals surface area contributed by atoms with E-state index in [0.717, 1.165) is 56.3 Å². The van der Waals surface area contributed by atoms with Gasteiger partial charge in [-0.3, -0.25) is 0 Å². The van der Waals surface area contributed by atoms with E-state index < -0.39 is 11.6 Å². The number of carbonyl (C=O) groups excluding carboxylic acids is 1.